The van der Waals surface area contributed by atoms with Crippen molar-refractivity contribution in [2.45, 2.75) is 6.42 Å². The van der Waals surface area contributed by atoms with E-state index in [1.807, 2.05) is 0 Å². The highest BCUT2D eigenvalue weighted by molar-refractivity contribution is 6.29. The summed E-state index contributed by atoms with van der Waals surface area (Å²) in [4.78, 5) is 25.4. The smallest absolute Gasteiger partial charge is 0.263 e. The van der Waals surface area contributed by atoms with Gasteiger partial charge in [0, 0.05) is 18.3 Å². The van der Waals surface area contributed by atoms with Gasteiger partial charge in [0.1, 0.15) is 5.82 Å². The molecule has 1 unspecified atom stereocenters. The SMILES string of the molecule is O=C1C2=CNCCC2C(=O)N1c1cccc(F)c1. The van der Waals surface area contributed by atoms with Gasteiger partial charge in [-0.25, -0.2) is 9.29 Å². The van der Waals surface area contributed by atoms with Gasteiger partial charge in [-0.3, -0.25) is 9.59 Å². The van der Waals surface area contributed by atoms with Crippen LogP contribution in [0.2, 0.25) is 0 Å². The van der Waals surface area contributed by atoms with Crippen LogP contribution < -0.4 is 10.2 Å². The highest BCUT2D eigenvalue weighted by Gasteiger charge is 2.44. The van der Waals surface area contributed by atoms with Crippen LogP contribution in [0.5, 0.6) is 0 Å². The highest BCUT2D eigenvalue weighted by Crippen LogP contribution is 2.33. The molecule has 0 bridgehead atoms. The molecular weight excluding hydrogens is 235 g/mol. The molecule has 2 amide bonds. The maximum atomic E-state index is 13.2. The number of carbonyl (C=O) groups is 2. The molecule has 0 aromatic heterocycles. The molecule has 18 heavy (non-hydrogen) atoms. The second-order valence-corrected chi connectivity index (χ2v) is 4.35. The Kier molecular flexibility index (Phi) is 2.40. The number of imide groups is 1. The molecule has 3 rings (SSSR count). The third-order valence-corrected chi connectivity index (χ3v) is 3.25. The van der Waals surface area contributed by atoms with E-state index < -0.39 is 5.82 Å². The standard InChI is InChI=1S/C13H11FN2O2/c14-8-2-1-3-9(6-8)16-12(17)10-4-5-15-7-11(10)13(16)18/h1-3,6-7,10,15H,4-5H2. The number of nitrogens with one attached hydrogen (secondary N) is 1. The zero-order valence-corrected chi connectivity index (χ0v) is 9.52. The average Bonchev–Trinajstić information content (AvgIpc) is 2.63. The van der Waals surface area contributed by atoms with Gasteiger partial charge in [0.05, 0.1) is 11.6 Å². The first-order valence-corrected chi connectivity index (χ1v) is 5.76. The average molecular weight is 246 g/mol. The molecule has 2 heterocycles. The van der Waals surface area contributed by atoms with Gasteiger partial charge in [-0.05, 0) is 24.6 Å². The molecule has 0 saturated carbocycles. The van der Waals surface area contributed by atoms with Crippen molar-refractivity contribution in [1.29, 1.82) is 0 Å². The Morgan fingerprint density at radius 3 is 2.89 bits per heavy atom. The fourth-order valence-corrected chi connectivity index (χ4v) is 2.38. The molecule has 1 aromatic rings. The normalized spacial score (nSPS) is 22.6. The quantitative estimate of drug-likeness (QED) is 0.757. The Morgan fingerprint density at radius 2 is 2.17 bits per heavy atom. The van der Waals surface area contributed by atoms with E-state index in [1.54, 1.807) is 12.3 Å². The molecular formula is C13H11FN2O2. The van der Waals surface area contributed by atoms with E-state index in [-0.39, 0.29) is 17.7 Å². The summed E-state index contributed by atoms with van der Waals surface area (Å²) < 4.78 is 13.2. The Hall–Kier alpha value is -2.17. The van der Waals surface area contributed by atoms with Crippen LogP contribution in [0.4, 0.5) is 10.1 Å². The van der Waals surface area contributed by atoms with Crippen molar-refractivity contribution in [2.24, 2.45) is 5.92 Å². The van der Waals surface area contributed by atoms with E-state index >= 15 is 0 Å². The van der Waals surface area contributed by atoms with Crippen LogP contribution in [0, 0.1) is 11.7 Å². The van der Waals surface area contributed by atoms with Gasteiger partial charge in [-0.1, -0.05) is 6.07 Å². The van der Waals surface area contributed by atoms with Gasteiger partial charge in [0.2, 0.25) is 5.91 Å². The van der Waals surface area contributed by atoms with E-state index in [9.17, 15) is 14.0 Å². The van der Waals surface area contributed by atoms with Crippen LogP contribution in [0.15, 0.2) is 36.0 Å². The number of hydrogen-bond donors (Lipinski definition) is 1. The van der Waals surface area contributed by atoms with Crippen molar-refractivity contribution in [3.63, 3.8) is 0 Å². The fourth-order valence-electron chi connectivity index (χ4n) is 2.38. The molecule has 1 N–H and O–H groups in total. The molecule has 1 atom stereocenters. The number of carbonyl (C=O) groups excluding carboxylic acids is 2. The Morgan fingerprint density at radius 1 is 1.33 bits per heavy atom. The molecule has 0 aliphatic carbocycles. The first-order chi connectivity index (χ1) is 8.68. The van der Waals surface area contributed by atoms with Crippen molar-refractivity contribution < 1.29 is 14.0 Å². The maximum absolute atomic E-state index is 13.2. The third-order valence-electron chi connectivity index (χ3n) is 3.25. The van der Waals surface area contributed by atoms with E-state index in [0.717, 1.165) is 4.90 Å². The molecule has 2 aliphatic rings. The monoisotopic (exact) mass is 246 g/mol. The number of hydrogen-bond acceptors (Lipinski definition) is 3. The number of nitrogens with zero attached hydrogens (tertiary/aromatic N) is 1. The van der Waals surface area contributed by atoms with E-state index in [4.69, 9.17) is 0 Å². The highest BCUT2D eigenvalue weighted by atomic mass is 19.1. The minimum Gasteiger partial charge on any atom is -0.390 e. The lowest BCUT2D eigenvalue weighted by Crippen LogP contribution is -2.30. The zero-order chi connectivity index (χ0) is 12.7. The van der Waals surface area contributed by atoms with Crippen LogP contribution >= 0.6 is 0 Å². The number of rotatable bonds is 1. The molecule has 1 saturated heterocycles. The lowest BCUT2D eigenvalue weighted by atomic mass is 9.97. The number of fused-ring (bicyclic) bond motifs is 1. The second-order valence-electron chi connectivity index (χ2n) is 4.35. The van der Waals surface area contributed by atoms with Gasteiger partial charge >= 0.3 is 0 Å². The minimum atomic E-state index is -0.463. The Labute approximate surface area is 103 Å². The first-order valence-electron chi connectivity index (χ1n) is 5.76. The number of anilines is 1. The summed E-state index contributed by atoms with van der Waals surface area (Å²) in [6, 6.07) is 5.52. The van der Waals surface area contributed by atoms with Crippen molar-refractivity contribution in [3.05, 3.63) is 41.9 Å². The van der Waals surface area contributed by atoms with Crippen molar-refractivity contribution in [3.8, 4) is 0 Å². The minimum absolute atomic E-state index is 0.265. The largest absolute Gasteiger partial charge is 0.390 e. The first kappa shape index (κ1) is 11.0. The molecule has 92 valence electrons. The van der Waals surface area contributed by atoms with Crippen LogP contribution in [0.25, 0.3) is 0 Å². The van der Waals surface area contributed by atoms with E-state index in [2.05, 4.69) is 5.32 Å². The number of amides is 2. The van der Waals surface area contributed by atoms with Gasteiger partial charge in [0.25, 0.3) is 5.91 Å². The second kappa shape index (κ2) is 3.94. The number of benzene rings is 1. The van der Waals surface area contributed by atoms with Crippen molar-refractivity contribution >= 4 is 17.5 Å². The number of halogens is 1. The molecule has 2 aliphatic heterocycles. The molecule has 5 heteroatoms. The summed E-state index contributed by atoms with van der Waals surface area (Å²) in [6.07, 6.45) is 2.19. The van der Waals surface area contributed by atoms with Crippen LogP contribution in [-0.4, -0.2) is 18.4 Å². The molecule has 1 aromatic carbocycles. The predicted octanol–water partition coefficient (Wildman–Crippen LogP) is 1.19. The van der Waals surface area contributed by atoms with Crippen LogP contribution in [-0.2, 0) is 9.59 Å². The molecule has 4 nitrogen and oxygen atoms in total. The zero-order valence-electron chi connectivity index (χ0n) is 9.52. The summed E-state index contributed by atoms with van der Waals surface area (Å²) in [6.45, 7) is 0.671. The third kappa shape index (κ3) is 1.51. The van der Waals surface area contributed by atoms with Gasteiger partial charge < -0.3 is 5.32 Å². The molecule has 0 spiro atoms. The molecule has 1 fully saturated rings. The van der Waals surface area contributed by atoms with Gasteiger partial charge in [-0.2, -0.15) is 0 Å². The van der Waals surface area contributed by atoms with Gasteiger partial charge in [-0.15, -0.1) is 0 Å². The summed E-state index contributed by atoms with van der Waals surface area (Å²) in [5.74, 6) is -1.47. The Balaban J connectivity index is 2.04. The fraction of sp³-hybridized carbons (Fsp3) is 0.231. The summed E-state index contributed by atoms with van der Waals surface area (Å²) in [5.41, 5.74) is 0.760. The van der Waals surface area contributed by atoms with E-state index in [1.165, 1.54) is 18.2 Å². The predicted molar refractivity (Wildman–Crippen MR) is 63.1 cm³/mol. The summed E-state index contributed by atoms with van der Waals surface area (Å²) in [7, 11) is 0. The van der Waals surface area contributed by atoms with E-state index in [0.29, 0.717) is 24.2 Å². The Bertz CT molecular complexity index is 568. The van der Waals surface area contributed by atoms with Crippen molar-refractivity contribution in [2.75, 3.05) is 11.4 Å². The molecule has 0 radical (unpaired) electrons. The topological polar surface area (TPSA) is 49.4 Å². The summed E-state index contributed by atoms with van der Waals surface area (Å²) >= 11 is 0. The lowest BCUT2D eigenvalue weighted by molar-refractivity contribution is -0.122. The summed E-state index contributed by atoms with van der Waals surface area (Å²) in [5, 5.41) is 2.95. The van der Waals surface area contributed by atoms with Gasteiger partial charge in [0.15, 0.2) is 0 Å². The van der Waals surface area contributed by atoms with Crippen LogP contribution in [0.1, 0.15) is 6.42 Å². The van der Waals surface area contributed by atoms with Crippen LogP contribution in [0.3, 0.4) is 0 Å². The lowest BCUT2D eigenvalue weighted by Gasteiger charge is -2.15. The van der Waals surface area contributed by atoms with Crippen molar-refractivity contribution in [1.82, 2.24) is 5.32 Å². The maximum Gasteiger partial charge on any atom is 0.263 e.